The average molecular weight is 285 g/mol. The van der Waals surface area contributed by atoms with E-state index in [0.717, 1.165) is 26.4 Å². The molecule has 0 unspecified atom stereocenters. The van der Waals surface area contributed by atoms with Gasteiger partial charge < -0.3 is 0 Å². The molecule has 0 aliphatic heterocycles. The zero-order chi connectivity index (χ0) is 11.5. The van der Waals surface area contributed by atoms with Crippen molar-refractivity contribution in [3.8, 4) is 0 Å². The van der Waals surface area contributed by atoms with Gasteiger partial charge in [-0.2, -0.15) is 0 Å². The second-order valence-electron chi connectivity index (χ2n) is 3.20. The summed E-state index contributed by atoms with van der Waals surface area (Å²) < 4.78 is 20.7. The standard InChI is InChI=1S/C10H22O4Se/c1-11-5-9(6-12-2)15-10(7-13-3)8-14-4/h9-10H,5-8H2,1-4H3. The minimum atomic E-state index is 0.415. The van der Waals surface area contributed by atoms with Crippen LogP contribution in [0.4, 0.5) is 0 Å². The third kappa shape index (κ3) is 8.20. The van der Waals surface area contributed by atoms with Gasteiger partial charge in [0.15, 0.2) is 0 Å². The van der Waals surface area contributed by atoms with Crippen molar-refractivity contribution in [2.24, 2.45) is 0 Å². The van der Waals surface area contributed by atoms with E-state index in [9.17, 15) is 0 Å². The third-order valence-corrected chi connectivity index (χ3v) is 4.55. The Morgan fingerprint density at radius 2 is 0.933 bits per heavy atom. The molecule has 0 spiro atoms. The Hall–Kier alpha value is 0.359. The zero-order valence-corrected chi connectivity index (χ0v) is 11.7. The molecule has 0 aliphatic rings. The molecule has 0 rings (SSSR count). The van der Waals surface area contributed by atoms with Crippen LogP contribution in [0.1, 0.15) is 0 Å². The fourth-order valence-corrected chi connectivity index (χ4v) is 4.21. The van der Waals surface area contributed by atoms with E-state index in [4.69, 9.17) is 18.9 Å². The number of hydrogen-bond acceptors (Lipinski definition) is 4. The number of hydrogen-bond donors (Lipinski definition) is 0. The van der Waals surface area contributed by atoms with E-state index in [1.54, 1.807) is 28.4 Å². The SMILES string of the molecule is COCC(COC)[Se]C(COC)COC. The van der Waals surface area contributed by atoms with E-state index >= 15 is 0 Å². The van der Waals surface area contributed by atoms with Crippen molar-refractivity contribution in [1.82, 2.24) is 0 Å². The van der Waals surface area contributed by atoms with Crippen LogP contribution in [-0.2, 0) is 18.9 Å². The van der Waals surface area contributed by atoms with Crippen molar-refractivity contribution in [2.45, 2.75) is 9.63 Å². The van der Waals surface area contributed by atoms with Crippen molar-refractivity contribution in [3.05, 3.63) is 0 Å². The summed E-state index contributed by atoms with van der Waals surface area (Å²) in [5.41, 5.74) is 0. The summed E-state index contributed by atoms with van der Waals surface area (Å²) in [7, 11) is 6.89. The number of methoxy groups -OCH3 is 4. The molecule has 5 heteroatoms. The van der Waals surface area contributed by atoms with Gasteiger partial charge in [-0.1, -0.05) is 0 Å². The fourth-order valence-electron chi connectivity index (χ4n) is 1.27. The van der Waals surface area contributed by atoms with E-state index in [0.29, 0.717) is 24.6 Å². The van der Waals surface area contributed by atoms with Gasteiger partial charge in [0, 0.05) is 0 Å². The molecule has 0 saturated heterocycles. The first kappa shape index (κ1) is 15.4. The van der Waals surface area contributed by atoms with Crippen LogP contribution in [-0.4, -0.2) is 69.8 Å². The summed E-state index contributed by atoms with van der Waals surface area (Å²) in [4.78, 5) is 0.950. The van der Waals surface area contributed by atoms with Crippen LogP contribution in [0.15, 0.2) is 0 Å². The molecule has 0 amide bonds. The Bertz CT molecular complexity index is 109. The zero-order valence-electron chi connectivity index (χ0n) is 10.0. The van der Waals surface area contributed by atoms with Gasteiger partial charge in [0.25, 0.3) is 0 Å². The van der Waals surface area contributed by atoms with E-state index in [1.807, 2.05) is 0 Å². The monoisotopic (exact) mass is 286 g/mol. The van der Waals surface area contributed by atoms with Crippen LogP contribution in [0.2, 0.25) is 9.63 Å². The molecule has 0 aromatic carbocycles. The maximum absolute atomic E-state index is 5.17. The summed E-state index contributed by atoms with van der Waals surface area (Å²) in [6.45, 7) is 2.99. The van der Waals surface area contributed by atoms with Gasteiger partial charge in [0.2, 0.25) is 0 Å². The Kier molecular flexibility index (Phi) is 11.1. The van der Waals surface area contributed by atoms with E-state index in [2.05, 4.69) is 0 Å². The molecule has 0 bridgehead atoms. The normalized spacial score (nSPS) is 11.6. The predicted molar refractivity (Wildman–Crippen MR) is 60.8 cm³/mol. The summed E-state index contributed by atoms with van der Waals surface area (Å²) in [6.07, 6.45) is 0. The average Bonchev–Trinajstić information content (AvgIpc) is 2.19. The molecule has 0 heterocycles. The molecule has 4 nitrogen and oxygen atoms in total. The van der Waals surface area contributed by atoms with Gasteiger partial charge in [-0.25, -0.2) is 0 Å². The van der Waals surface area contributed by atoms with Crippen LogP contribution < -0.4 is 0 Å². The molecule has 0 fully saturated rings. The van der Waals surface area contributed by atoms with Gasteiger partial charge in [-0.3, -0.25) is 0 Å². The maximum atomic E-state index is 5.17. The van der Waals surface area contributed by atoms with Gasteiger partial charge >= 0.3 is 98.4 Å². The summed E-state index contributed by atoms with van der Waals surface area (Å²) in [5, 5.41) is 0. The molecule has 0 radical (unpaired) electrons. The van der Waals surface area contributed by atoms with Crippen LogP contribution in [0.5, 0.6) is 0 Å². The molecule has 0 aromatic heterocycles. The first-order valence-corrected chi connectivity index (χ1v) is 6.87. The van der Waals surface area contributed by atoms with Crippen molar-refractivity contribution >= 4 is 15.0 Å². The van der Waals surface area contributed by atoms with Gasteiger partial charge in [-0.05, 0) is 0 Å². The van der Waals surface area contributed by atoms with E-state index in [-0.39, 0.29) is 0 Å². The first-order valence-electron chi connectivity index (χ1n) is 4.89. The van der Waals surface area contributed by atoms with Crippen LogP contribution >= 0.6 is 0 Å². The summed E-state index contributed by atoms with van der Waals surface area (Å²) >= 11 is 0.415. The summed E-state index contributed by atoms with van der Waals surface area (Å²) in [6, 6.07) is 0. The van der Waals surface area contributed by atoms with E-state index in [1.165, 1.54) is 0 Å². The predicted octanol–water partition coefficient (Wildman–Crippen LogP) is 0.853. The number of rotatable bonds is 10. The third-order valence-electron chi connectivity index (χ3n) is 1.80. The molecule has 0 aliphatic carbocycles. The molecule has 0 N–H and O–H groups in total. The molecule has 0 aromatic rings. The van der Waals surface area contributed by atoms with E-state index < -0.39 is 0 Å². The van der Waals surface area contributed by atoms with Gasteiger partial charge in [0.1, 0.15) is 0 Å². The van der Waals surface area contributed by atoms with Crippen LogP contribution in [0.3, 0.4) is 0 Å². The second kappa shape index (κ2) is 10.9. The fraction of sp³-hybridized carbons (Fsp3) is 1.00. The quantitative estimate of drug-likeness (QED) is 0.558. The van der Waals surface area contributed by atoms with Crippen LogP contribution in [0, 0.1) is 0 Å². The minimum absolute atomic E-state index is 0.415. The Balaban J connectivity index is 3.93. The Morgan fingerprint density at radius 1 is 0.667 bits per heavy atom. The van der Waals surface area contributed by atoms with Gasteiger partial charge in [-0.15, -0.1) is 0 Å². The van der Waals surface area contributed by atoms with Crippen molar-refractivity contribution in [3.63, 3.8) is 0 Å². The molecular formula is C10H22O4Se. The molecular weight excluding hydrogens is 263 g/mol. The molecule has 0 saturated carbocycles. The van der Waals surface area contributed by atoms with Crippen molar-refractivity contribution in [2.75, 3.05) is 54.9 Å². The van der Waals surface area contributed by atoms with Gasteiger partial charge in [0.05, 0.1) is 0 Å². The molecule has 92 valence electrons. The molecule has 15 heavy (non-hydrogen) atoms. The number of ether oxygens (including phenoxy) is 4. The van der Waals surface area contributed by atoms with Crippen LogP contribution in [0.25, 0.3) is 0 Å². The van der Waals surface area contributed by atoms with Crippen molar-refractivity contribution in [1.29, 1.82) is 0 Å². The second-order valence-corrected chi connectivity index (χ2v) is 6.57. The topological polar surface area (TPSA) is 36.9 Å². The first-order chi connectivity index (χ1) is 7.28. The molecule has 0 atom stereocenters. The summed E-state index contributed by atoms with van der Waals surface area (Å²) in [5.74, 6) is 0. The van der Waals surface area contributed by atoms with Crippen molar-refractivity contribution < 1.29 is 18.9 Å². The Morgan fingerprint density at radius 3 is 1.13 bits per heavy atom. The Labute approximate surface area is 98.8 Å².